The topological polar surface area (TPSA) is 98.5 Å². The summed E-state index contributed by atoms with van der Waals surface area (Å²) in [6.45, 7) is 10.6. The van der Waals surface area contributed by atoms with Crippen molar-refractivity contribution in [3.8, 4) is 11.1 Å². The Morgan fingerprint density at radius 3 is 2.68 bits per heavy atom. The molecule has 1 unspecified atom stereocenters. The van der Waals surface area contributed by atoms with Gasteiger partial charge >= 0.3 is 0 Å². The molecule has 3 heterocycles. The number of rotatable bonds is 4. The first-order valence-corrected chi connectivity index (χ1v) is 9.71. The third-order valence-electron chi connectivity index (χ3n) is 6.60. The normalized spacial score (nSPS) is 21.3. The second-order valence-corrected chi connectivity index (χ2v) is 8.55. The molecule has 1 fully saturated rings. The van der Waals surface area contributed by atoms with Crippen molar-refractivity contribution in [2.24, 2.45) is 17.1 Å². The van der Waals surface area contributed by atoms with Crippen LogP contribution in [0.2, 0.25) is 0 Å². The first-order chi connectivity index (χ1) is 13.2. The van der Waals surface area contributed by atoms with Gasteiger partial charge < -0.3 is 15.6 Å². The minimum absolute atomic E-state index is 0.117. The number of hydrogen-bond acceptors (Lipinski definition) is 5. The molecule has 4 rings (SSSR count). The molecule has 0 bridgehead atoms. The number of fused-ring (bicyclic) bond motifs is 1. The Morgan fingerprint density at radius 1 is 1.36 bits per heavy atom. The van der Waals surface area contributed by atoms with Crippen molar-refractivity contribution in [1.82, 2.24) is 14.8 Å². The molecule has 148 valence electrons. The fourth-order valence-electron chi connectivity index (χ4n) is 4.36. The summed E-state index contributed by atoms with van der Waals surface area (Å²) in [6.07, 6.45) is 5.68. The van der Waals surface area contributed by atoms with Gasteiger partial charge in [0.15, 0.2) is 0 Å². The van der Waals surface area contributed by atoms with E-state index in [1.165, 1.54) is 0 Å². The van der Waals surface area contributed by atoms with Crippen LogP contribution in [0.5, 0.6) is 0 Å². The Bertz CT molecular complexity index is 1040. The molecule has 1 amide bonds. The van der Waals surface area contributed by atoms with Crippen molar-refractivity contribution in [3.05, 3.63) is 35.5 Å². The molecule has 0 saturated heterocycles. The van der Waals surface area contributed by atoms with E-state index in [0.29, 0.717) is 11.5 Å². The smallest absolute Gasteiger partial charge is 0.252 e. The number of aromatic nitrogens is 3. The Morgan fingerprint density at radius 2 is 2.11 bits per heavy atom. The summed E-state index contributed by atoms with van der Waals surface area (Å²) in [4.78, 5) is 12.1. The van der Waals surface area contributed by atoms with Crippen LogP contribution in [0.4, 0.5) is 5.69 Å². The molecule has 0 radical (unpaired) electrons. The maximum atomic E-state index is 12.1. The van der Waals surface area contributed by atoms with Crippen LogP contribution in [-0.2, 0) is 0 Å². The molecule has 7 nitrogen and oxygen atoms in total. The molecule has 1 saturated carbocycles. The number of nitrogens with two attached hydrogens (primary N) is 1. The van der Waals surface area contributed by atoms with Gasteiger partial charge in [0.1, 0.15) is 5.76 Å². The number of aryl methyl sites for hydroxylation is 2. The van der Waals surface area contributed by atoms with E-state index in [1.54, 1.807) is 10.7 Å². The lowest BCUT2D eigenvalue weighted by Gasteiger charge is -2.33. The molecular weight excluding hydrogens is 354 g/mol. The van der Waals surface area contributed by atoms with Crippen molar-refractivity contribution < 1.29 is 9.32 Å². The molecule has 3 aromatic rings. The number of nitrogens with zero attached hydrogens (tertiary/aromatic N) is 3. The number of carbonyl (C=O) groups excluding carboxylic acids is 1. The lowest BCUT2D eigenvalue weighted by atomic mass is 9.80. The van der Waals surface area contributed by atoms with E-state index in [0.717, 1.165) is 46.6 Å². The predicted octanol–water partition coefficient (Wildman–Crippen LogP) is 3.94. The standard InChI is InChI=1S/C21H27N5O2/c1-11-6-7-17(21(11,4)5)24-19-15(20(22)27)9-23-26-10-14(8-16(19)26)18-12(2)25-28-13(18)3/h8-11,17,24H,6-7H2,1-5H3,(H2,22,27)/t11?,17-/m1/s1. The van der Waals surface area contributed by atoms with Gasteiger partial charge in [-0.15, -0.1) is 0 Å². The van der Waals surface area contributed by atoms with Crippen molar-refractivity contribution >= 4 is 17.1 Å². The van der Waals surface area contributed by atoms with Gasteiger partial charge in [-0.3, -0.25) is 4.79 Å². The first-order valence-electron chi connectivity index (χ1n) is 9.71. The summed E-state index contributed by atoms with van der Waals surface area (Å²) in [5.74, 6) is 0.870. The molecular formula is C21H27N5O2. The summed E-state index contributed by atoms with van der Waals surface area (Å²) in [5, 5.41) is 12.1. The van der Waals surface area contributed by atoms with Gasteiger partial charge in [-0.1, -0.05) is 25.9 Å². The van der Waals surface area contributed by atoms with Crippen LogP contribution in [-0.4, -0.2) is 26.7 Å². The minimum Gasteiger partial charge on any atom is -0.379 e. The van der Waals surface area contributed by atoms with E-state index >= 15 is 0 Å². The van der Waals surface area contributed by atoms with Crippen LogP contribution in [0, 0.1) is 25.2 Å². The Labute approximate surface area is 164 Å². The molecule has 3 N–H and O–H groups in total. The molecule has 2 atom stereocenters. The molecule has 3 aromatic heterocycles. The fourth-order valence-corrected chi connectivity index (χ4v) is 4.36. The fraction of sp³-hybridized carbons (Fsp3) is 0.476. The van der Waals surface area contributed by atoms with Crippen molar-refractivity contribution in [2.75, 3.05) is 5.32 Å². The average Bonchev–Trinajstić information content (AvgIpc) is 3.26. The van der Waals surface area contributed by atoms with Crippen LogP contribution in [0.25, 0.3) is 16.6 Å². The minimum atomic E-state index is -0.485. The molecule has 1 aliphatic rings. The van der Waals surface area contributed by atoms with Gasteiger partial charge in [-0.2, -0.15) is 5.10 Å². The zero-order valence-corrected chi connectivity index (χ0v) is 17.0. The molecule has 0 aromatic carbocycles. The highest BCUT2D eigenvalue weighted by molar-refractivity contribution is 6.02. The Balaban J connectivity index is 1.86. The highest BCUT2D eigenvalue weighted by Crippen LogP contribution is 2.44. The van der Waals surface area contributed by atoms with Gasteiger partial charge in [-0.25, -0.2) is 4.52 Å². The zero-order chi connectivity index (χ0) is 20.2. The van der Waals surface area contributed by atoms with Crippen LogP contribution in [0.3, 0.4) is 0 Å². The van der Waals surface area contributed by atoms with Crippen LogP contribution in [0.15, 0.2) is 23.0 Å². The van der Waals surface area contributed by atoms with E-state index in [9.17, 15) is 4.79 Å². The highest BCUT2D eigenvalue weighted by atomic mass is 16.5. The first kappa shape index (κ1) is 18.5. The van der Waals surface area contributed by atoms with E-state index in [4.69, 9.17) is 10.3 Å². The zero-order valence-electron chi connectivity index (χ0n) is 17.0. The van der Waals surface area contributed by atoms with E-state index in [2.05, 4.69) is 36.3 Å². The van der Waals surface area contributed by atoms with Crippen LogP contribution < -0.4 is 11.1 Å². The van der Waals surface area contributed by atoms with E-state index in [-0.39, 0.29) is 11.5 Å². The number of carbonyl (C=O) groups is 1. The lowest BCUT2D eigenvalue weighted by Crippen LogP contribution is -2.35. The number of nitrogens with one attached hydrogen (secondary N) is 1. The third-order valence-corrected chi connectivity index (χ3v) is 6.60. The van der Waals surface area contributed by atoms with Gasteiger partial charge in [-0.05, 0) is 44.1 Å². The Kier molecular flexibility index (Phi) is 4.21. The summed E-state index contributed by atoms with van der Waals surface area (Å²) in [7, 11) is 0. The molecule has 0 spiro atoms. The SMILES string of the molecule is Cc1noc(C)c1-c1cc2c(N[C@@H]3CCC(C)C3(C)C)c(C(N)=O)cnn2c1. The van der Waals surface area contributed by atoms with Crippen molar-refractivity contribution in [2.45, 2.75) is 53.5 Å². The predicted molar refractivity (Wildman–Crippen MR) is 108 cm³/mol. The van der Waals surface area contributed by atoms with Crippen LogP contribution >= 0.6 is 0 Å². The van der Waals surface area contributed by atoms with Gasteiger partial charge in [0, 0.05) is 23.4 Å². The molecule has 1 aliphatic carbocycles. The lowest BCUT2D eigenvalue weighted by molar-refractivity contribution is 0.100. The summed E-state index contributed by atoms with van der Waals surface area (Å²) < 4.78 is 7.09. The molecule has 7 heteroatoms. The third kappa shape index (κ3) is 2.77. The largest absolute Gasteiger partial charge is 0.379 e. The van der Waals surface area contributed by atoms with Crippen molar-refractivity contribution in [1.29, 1.82) is 0 Å². The van der Waals surface area contributed by atoms with Gasteiger partial charge in [0.05, 0.1) is 28.7 Å². The van der Waals surface area contributed by atoms with Gasteiger partial charge in [0.25, 0.3) is 5.91 Å². The summed E-state index contributed by atoms with van der Waals surface area (Å²) in [5.41, 5.74) is 10.5. The van der Waals surface area contributed by atoms with E-state index < -0.39 is 5.91 Å². The monoisotopic (exact) mass is 381 g/mol. The quantitative estimate of drug-likeness (QED) is 0.713. The number of hydrogen-bond donors (Lipinski definition) is 2. The second-order valence-electron chi connectivity index (χ2n) is 8.55. The summed E-state index contributed by atoms with van der Waals surface area (Å²) >= 11 is 0. The molecule has 28 heavy (non-hydrogen) atoms. The maximum Gasteiger partial charge on any atom is 0.252 e. The maximum absolute atomic E-state index is 12.1. The average molecular weight is 381 g/mol. The number of amides is 1. The Hall–Kier alpha value is -2.83. The second kappa shape index (κ2) is 6.36. The highest BCUT2D eigenvalue weighted by Gasteiger charge is 2.41. The van der Waals surface area contributed by atoms with Gasteiger partial charge in [0.2, 0.25) is 0 Å². The van der Waals surface area contributed by atoms with Crippen LogP contribution in [0.1, 0.15) is 55.4 Å². The number of anilines is 1. The molecule has 0 aliphatic heterocycles. The summed E-state index contributed by atoms with van der Waals surface area (Å²) in [6, 6.07) is 2.27. The number of primary amides is 1. The van der Waals surface area contributed by atoms with E-state index in [1.807, 2.05) is 26.1 Å². The van der Waals surface area contributed by atoms with Crippen molar-refractivity contribution in [3.63, 3.8) is 0 Å².